The molecule has 0 spiro atoms. The monoisotopic (exact) mass is 339 g/mol. The van der Waals surface area contributed by atoms with Gasteiger partial charge in [0.2, 0.25) is 11.8 Å². The summed E-state index contributed by atoms with van der Waals surface area (Å²) in [5.74, 6) is -0.504. The molecule has 2 rings (SSSR count). The molecule has 2 aromatic rings. The lowest BCUT2D eigenvalue weighted by Gasteiger charge is -2.12. The topological polar surface area (TPSA) is 84.2 Å². The van der Waals surface area contributed by atoms with Crippen molar-refractivity contribution in [3.63, 3.8) is 0 Å². The standard InChI is InChI=1S/C20H25N3O2/c21-18(20(25)23-14-12-17-9-5-2-6-10-17)15-19(24)22-13-11-16-7-3-1-4-8-16/h1-10,18H,11-15,21H2,(H,22,24)(H,23,25). The van der Waals surface area contributed by atoms with Crippen molar-refractivity contribution in [1.82, 2.24) is 10.6 Å². The van der Waals surface area contributed by atoms with Crippen LogP contribution in [0.15, 0.2) is 60.7 Å². The molecule has 0 saturated carbocycles. The van der Waals surface area contributed by atoms with Gasteiger partial charge in [0.1, 0.15) is 0 Å². The lowest BCUT2D eigenvalue weighted by molar-refractivity contribution is -0.127. The van der Waals surface area contributed by atoms with E-state index in [1.165, 1.54) is 0 Å². The third-order valence-electron chi connectivity index (χ3n) is 3.88. The van der Waals surface area contributed by atoms with E-state index in [4.69, 9.17) is 5.73 Å². The smallest absolute Gasteiger partial charge is 0.237 e. The van der Waals surface area contributed by atoms with Crippen LogP contribution in [0, 0.1) is 0 Å². The highest BCUT2D eigenvalue weighted by atomic mass is 16.2. The molecule has 1 unspecified atom stereocenters. The number of nitrogens with one attached hydrogen (secondary N) is 2. The van der Waals surface area contributed by atoms with Crippen LogP contribution in [0.25, 0.3) is 0 Å². The van der Waals surface area contributed by atoms with Gasteiger partial charge in [-0.3, -0.25) is 9.59 Å². The average molecular weight is 339 g/mol. The summed E-state index contributed by atoms with van der Waals surface area (Å²) in [6.07, 6.45) is 1.49. The van der Waals surface area contributed by atoms with Gasteiger partial charge < -0.3 is 16.4 Å². The predicted octanol–water partition coefficient (Wildman–Crippen LogP) is 1.42. The second kappa shape index (κ2) is 10.3. The van der Waals surface area contributed by atoms with Crippen molar-refractivity contribution in [2.45, 2.75) is 25.3 Å². The maximum atomic E-state index is 11.9. The van der Waals surface area contributed by atoms with Gasteiger partial charge in [-0.05, 0) is 24.0 Å². The summed E-state index contributed by atoms with van der Waals surface area (Å²) < 4.78 is 0. The Morgan fingerprint density at radius 2 is 1.28 bits per heavy atom. The molecule has 0 aliphatic rings. The molecule has 4 N–H and O–H groups in total. The van der Waals surface area contributed by atoms with Crippen molar-refractivity contribution in [3.05, 3.63) is 71.8 Å². The van der Waals surface area contributed by atoms with Gasteiger partial charge in [-0.1, -0.05) is 60.7 Å². The summed E-state index contributed by atoms with van der Waals surface area (Å²) in [7, 11) is 0. The van der Waals surface area contributed by atoms with Gasteiger partial charge in [0.15, 0.2) is 0 Å². The molecule has 0 radical (unpaired) electrons. The number of carbonyl (C=O) groups is 2. The van der Waals surface area contributed by atoms with Gasteiger partial charge >= 0.3 is 0 Å². The van der Waals surface area contributed by atoms with Crippen molar-refractivity contribution >= 4 is 11.8 Å². The van der Waals surface area contributed by atoms with E-state index in [-0.39, 0.29) is 18.2 Å². The number of hydrogen-bond donors (Lipinski definition) is 3. The van der Waals surface area contributed by atoms with Gasteiger partial charge in [-0.2, -0.15) is 0 Å². The van der Waals surface area contributed by atoms with Gasteiger partial charge in [0.05, 0.1) is 12.5 Å². The Labute approximate surface area is 148 Å². The molecule has 132 valence electrons. The Morgan fingerprint density at radius 3 is 1.80 bits per heavy atom. The average Bonchev–Trinajstić information content (AvgIpc) is 2.63. The van der Waals surface area contributed by atoms with E-state index < -0.39 is 6.04 Å². The molecule has 5 nitrogen and oxygen atoms in total. The molecule has 2 amide bonds. The van der Waals surface area contributed by atoms with Crippen LogP contribution >= 0.6 is 0 Å². The van der Waals surface area contributed by atoms with Gasteiger partial charge in [-0.15, -0.1) is 0 Å². The lowest BCUT2D eigenvalue weighted by Crippen LogP contribution is -2.44. The Bertz CT molecular complexity index is 659. The maximum Gasteiger partial charge on any atom is 0.237 e. The first-order valence-corrected chi connectivity index (χ1v) is 8.53. The fourth-order valence-electron chi connectivity index (χ4n) is 2.46. The fraction of sp³-hybridized carbons (Fsp3) is 0.300. The highest BCUT2D eigenvalue weighted by Crippen LogP contribution is 1.99. The molecule has 0 fully saturated rings. The van der Waals surface area contributed by atoms with Crippen molar-refractivity contribution in [3.8, 4) is 0 Å². The Morgan fingerprint density at radius 1 is 0.800 bits per heavy atom. The summed E-state index contributed by atoms with van der Waals surface area (Å²) in [4.78, 5) is 23.8. The maximum absolute atomic E-state index is 11.9. The third-order valence-corrected chi connectivity index (χ3v) is 3.88. The van der Waals surface area contributed by atoms with Crippen LogP contribution in [0.2, 0.25) is 0 Å². The Hall–Kier alpha value is -2.66. The van der Waals surface area contributed by atoms with Crippen LogP contribution in [-0.4, -0.2) is 30.9 Å². The zero-order chi connectivity index (χ0) is 17.9. The summed E-state index contributed by atoms with van der Waals surface area (Å²) in [5, 5.41) is 5.57. The zero-order valence-electron chi connectivity index (χ0n) is 14.3. The molecular weight excluding hydrogens is 314 g/mol. The summed E-state index contributed by atoms with van der Waals surface area (Å²) >= 11 is 0. The van der Waals surface area contributed by atoms with E-state index in [1.807, 2.05) is 60.7 Å². The molecule has 2 aromatic carbocycles. The largest absolute Gasteiger partial charge is 0.356 e. The molecule has 5 heteroatoms. The second-order valence-corrected chi connectivity index (χ2v) is 5.92. The molecular formula is C20H25N3O2. The van der Waals surface area contributed by atoms with E-state index >= 15 is 0 Å². The molecule has 25 heavy (non-hydrogen) atoms. The van der Waals surface area contributed by atoms with E-state index in [9.17, 15) is 9.59 Å². The first-order valence-electron chi connectivity index (χ1n) is 8.53. The lowest BCUT2D eigenvalue weighted by atomic mass is 10.1. The molecule has 0 aliphatic heterocycles. The molecule has 0 aliphatic carbocycles. The minimum absolute atomic E-state index is 0.00798. The fourth-order valence-corrected chi connectivity index (χ4v) is 2.46. The first kappa shape index (κ1) is 18.7. The van der Waals surface area contributed by atoms with Crippen molar-refractivity contribution in [2.24, 2.45) is 5.73 Å². The second-order valence-electron chi connectivity index (χ2n) is 5.92. The van der Waals surface area contributed by atoms with E-state index in [1.54, 1.807) is 0 Å². The SMILES string of the molecule is NC(CC(=O)NCCc1ccccc1)C(=O)NCCc1ccccc1. The molecule has 0 saturated heterocycles. The van der Waals surface area contributed by atoms with Gasteiger partial charge in [-0.25, -0.2) is 0 Å². The van der Waals surface area contributed by atoms with Gasteiger partial charge in [0, 0.05) is 13.1 Å². The number of carbonyl (C=O) groups excluding carboxylic acids is 2. The predicted molar refractivity (Wildman–Crippen MR) is 98.9 cm³/mol. The summed E-state index contributed by atoms with van der Waals surface area (Å²) in [6, 6.07) is 19.0. The van der Waals surface area contributed by atoms with Crippen molar-refractivity contribution in [1.29, 1.82) is 0 Å². The minimum Gasteiger partial charge on any atom is -0.356 e. The highest BCUT2D eigenvalue weighted by molar-refractivity contribution is 5.88. The number of nitrogens with two attached hydrogens (primary N) is 1. The van der Waals surface area contributed by atoms with Crippen LogP contribution in [-0.2, 0) is 22.4 Å². The highest BCUT2D eigenvalue weighted by Gasteiger charge is 2.16. The van der Waals surface area contributed by atoms with E-state index in [0.717, 1.165) is 24.0 Å². The minimum atomic E-state index is -0.826. The first-order chi connectivity index (χ1) is 12.1. The van der Waals surface area contributed by atoms with Gasteiger partial charge in [0.25, 0.3) is 0 Å². The zero-order valence-corrected chi connectivity index (χ0v) is 14.3. The number of rotatable bonds is 9. The van der Waals surface area contributed by atoms with Crippen LogP contribution in [0.3, 0.4) is 0 Å². The Balaban J connectivity index is 1.61. The van der Waals surface area contributed by atoms with E-state index in [2.05, 4.69) is 10.6 Å². The van der Waals surface area contributed by atoms with Crippen LogP contribution in [0.1, 0.15) is 17.5 Å². The number of benzene rings is 2. The number of amides is 2. The Kier molecular flexibility index (Phi) is 7.66. The molecule has 1 atom stereocenters. The van der Waals surface area contributed by atoms with Crippen LogP contribution in [0.4, 0.5) is 0 Å². The summed E-state index contributed by atoms with van der Waals surface area (Å²) in [5.41, 5.74) is 8.11. The van der Waals surface area contributed by atoms with Crippen LogP contribution < -0.4 is 16.4 Å². The molecule has 0 bridgehead atoms. The summed E-state index contributed by atoms with van der Waals surface area (Å²) in [6.45, 7) is 1.04. The third kappa shape index (κ3) is 7.18. The molecule has 0 aromatic heterocycles. The number of hydrogen-bond acceptors (Lipinski definition) is 3. The normalized spacial score (nSPS) is 11.6. The molecule has 0 heterocycles. The van der Waals surface area contributed by atoms with Crippen LogP contribution in [0.5, 0.6) is 0 Å². The quantitative estimate of drug-likeness (QED) is 0.646. The van der Waals surface area contributed by atoms with Crippen molar-refractivity contribution < 1.29 is 9.59 Å². The van der Waals surface area contributed by atoms with Crippen molar-refractivity contribution in [2.75, 3.05) is 13.1 Å². The van der Waals surface area contributed by atoms with E-state index in [0.29, 0.717) is 13.1 Å².